The lowest BCUT2D eigenvalue weighted by Crippen LogP contribution is -2.16. The van der Waals surface area contributed by atoms with Crippen LogP contribution in [0.25, 0.3) is 0 Å². The average molecular weight is 241 g/mol. The third-order valence-corrected chi connectivity index (χ3v) is 2.93. The van der Waals surface area contributed by atoms with Crippen LogP contribution in [0.1, 0.15) is 11.5 Å². The van der Waals surface area contributed by atoms with Crippen LogP contribution < -0.4 is 5.32 Å². The Labute approximate surface area is 101 Å². The molecule has 0 amide bonds. The summed E-state index contributed by atoms with van der Waals surface area (Å²) in [4.78, 5) is 0. The molecule has 0 atom stereocenters. The maximum Gasteiger partial charge on any atom is 0.129 e. The Morgan fingerprint density at radius 2 is 2.31 bits per heavy atom. The summed E-state index contributed by atoms with van der Waals surface area (Å²) >= 11 is 1.87. The maximum absolute atomic E-state index is 5.54. The molecule has 0 spiro atoms. The van der Waals surface area contributed by atoms with Crippen molar-refractivity contribution in [2.24, 2.45) is 0 Å². The molecule has 1 aromatic rings. The van der Waals surface area contributed by atoms with Crippen molar-refractivity contribution in [1.82, 2.24) is 5.32 Å². The number of methoxy groups -OCH3 is 1. The summed E-state index contributed by atoms with van der Waals surface area (Å²) in [5.41, 5.74) is 0. The zero-order valence-electron chi connectivity index (χ0n) is 9.70. The molecule has 0 aliphatic rings. The van der Waals surface area contributed by atoms with Crippen LogP contribution in [-0.4, -0.2) is 25.2 Å². The number of thioether (sulfide) groups is 1. The van der Waals surface area contributed by atoms with Gasteiger partial charge in [0.1, 0.15) is 18.1 Å². The zero-order valence-corrected chi connectivity index (χ0v) is 10.5. The summed E-state index contributed by atoms with van der Waals surface area (Å²) in [6.45, 7) is 5.98. The van der Waals surface area contributed by atoms with Gasteiger partial charge in [0.15, 0.2) is 0 Å². The lowest BCUT2D eigenvalue weighted by Gasteiger charge is -2.01. The molecule has 0 radical (unpaired) electrons. The Morgan fingerprint density at radius 1 is 1.50 bits per heavy atom. The third kappa shape index (κ3) is 5.39. The quantitative estimate of drug-likeness (QED) is 0.532. The first-order valence-electron chi connectivity index (χ1n) is 5.32. The highest BCUT2D eigenvalue weighted by atomic mass is 32.2. The number of hydrogen-bond donors (Lipinski definition) is 1. The van der Waals surface area contributed by atoms with Gasteiger partial charge in [-0.2, -0.15) is 11.8 Å². The second-order valence-electron chi connectivity index (χ2n) is 3.34. The summed E-state index contributed by atoms with van der Waals surface area (Å²) in [6.07, 6.45) is 1.92. The van der Waals surface area contributed by atoms with Crippen molar-refractivity contribution < 1.29 is 9.15 Å². The number of nitrogens with one attached hydrogen (secondary N) is 1. The van der Waals surface area contributed by atoms with Crippen LogP contribution in [0, 0.1) is 0 Å². The number of rotatable bonds is 9. The minimum Gasteiger partial charge on any atom is -0.462 e. The van der Waals surface area contributed by atoms with E-state index in [1.54, 1.807) is 7.11 Å². The van der Waals surface area contributed by atoms with Gasteiger partial charge in [0.05, 0.1) is 6.54 Å². The molecule has 90 valence electrons. The number of furan rings is 1. The molecule has 16 heavy (non-hydrogen) atoms. The lowest BCUT2D eigenvalue weighted by molar-refractivity contribution is 0.162. The van der Waals surface area contributed by atoms with E-state index in [1.165, 1.54) is 0 Å². The fourth-order valence-electron chi connectivity index (χ4n) is 1.26. The SMILES string of the molecule is C=CCSCCNCc1ccc(COC)o1. The van der Waals surface area contributed by atoms with E-state index in [2.05, 4.69) is 11.9 Å². The van der Waals surface area contributed by atoms with Crippen molar-refractivity contribution in [3.8, 4) is 0 Å². The highest BCUT2D eigenvalue weighted by Gasteiger charge is 2.00. The van der Waals surface area contributed by atoms with Gasteiger partial charge in [0.2, 0.25) is 0 Å². The van der Waals surface area contributed by atoms with Crippen LogP contribution in [-0.2, 0) is 17.9 Å². The first kappa shape index (κ1) is 13.4. The Bertz CT molecular complexity index is 299. The maximum atomic E-state index is 5.54. The second kappa shape index (κ2) is 8.44. The fraction of sp³-hybridized carbons (Fsp3) is 0.500. The zero-order chi connectivity index (χ0) is 11.6. The van der Waals surface area contributed by atoms with Gasteiger partial charge in [0, 0.05) is 25.2 Å². The van der Waals surface area contributed by atoms with E-state index in [-0.39, 0.29) is 0 Å². The molecule has 0 fully saturated rings. The summed E-state index contributed by atoms with van der Waals surface area (Å²) in [5.74, 6) is 3.94. The van der Waals surface area contributed by atoms with Crippen molar-refractivity contribution >= 4 is 11.8 Å². The molecular formula is C12H19NO2S. The minimum atomic E-state index is 0.537. The Balaban J connectivity index is 2.09. The molecule has 1 aromatic heterocycles. The Kier molecular flexibility index (Phi) is 7.05. The largest absolute Gasteiger partial charge is 0.462 e. The van der Waals surface area contributed by atoms with E-state index < -0.39 is 0 Å². The van der Waals surface area contributed by atoms with E-state index in [9.17, 15) is 0 Å². The Morgan fingerprint density at radius 3 is 3.06 bits per heavy atom. The van der Waals surface area contributed by atoms with Crippen LogP contribution in [0.3, 0.4) is 0 Å². The van der Waals surface area contributed by atoms with Gasteiger partial charge >= 0.3 is 0 Å². The highest BCUT2D eigenvalue weighted by Crippen LogP contribution is 2.08. The molecule has 0 aliphatic carbocycles. The average Bonchev–Trinajstić information content (AvgIpc) is 2.72. The summed E-state index contributed by atoms with van der Waals surface area (Å²) in [7, 11) is 1.66. The molecular weight excluding hydrogens is 222 g/mol. The lowest BCUT2D eigenvalue weighted by atomic mass is 10.4. The third-order valence-electron chi connectivity index (χ3n) is 1.96. The predicted octanol–water partition coefficient (Wildman–Crippen LogP) is 2.43. The van der Waals surface area contributed by atoms with Crippen LogP contribution in [0.2, 0.25) is 0 Å². The van der Waals surface area contributed by atoms with E-state index >= 15 is 0 Å². The molecule has 0 saturated carbocycles. The standard InChI is InChI=1S/C12H19NO2S/c1-3-7-16-8-6-13-9-11-4-5-12(15-11)10-14-2/h3-5,13H,1,6-10H2,2H3. The van der Waals surface area contributed by atoms with Crippen molar-refractivity contribution in [1.29, 1.82) is 0 Å². The van der Waals surface area contributed by atoms with Gasteiger partial charge in [-0.15, -0.1) is 6.58 Å². The van der Waals surface area contributed by atoms with E-state index in [4.69, 9.17) is 9.15 Å². The fourth-order valence-corrected chi connectivity index (χ4v) is 1.88. The first-order valence-corrected chi connectivity index (χ1v) is 6.48. The monoisotopic (exact) mass is 241 g/mol. The second-order valence-corrected chi connectivity index (χ2v) is 4.49. The minimum absolute atomic E-state index is 0.537. The normalized spacial score (nSPS) is 10.6. The Hall–Kier alpha value is -0.710. The van der Waals surface area contributed by atoms with Crippen molar-refractivity contribution in [2.45, 2.75) is 13.2 Å². The van der Waals surface area contributed by atoms with E-state index in [0.717, 1.165) is 36.1 Å². The molecule has 0 aliphatic heterocycles. The van der Waals surface area contributed by atoms with Gasteiger partial charge in [-0.25, -0.2) is 0 Å². The van der Waals surface area contributed by atoms with Crippen LogP contribution in [0.15, 0.2) is 29.2 Å². The van der Waals surface area contributed by atoms with E-state index in [0.29, 0.717) is 6.61 Å². The topological polar surface area (TPSA) is 34.4 Å². The number of hydrogen-bond acceptors (Lipinski definition) is 4. The molecule has 1 N–H and O–H groups in total. The predicted molar refractivity (Wildman–Crippen MR) is 68.6 cm³/mol. The van der Waals surface area contributed by atoms with Gasteiger partial charge in [-0.3, -0.25) is 0 Å². The van der Waals surface area contributed by atoms with Crippen molar-refractivity contribution in [3.05, 3.63) is 36.3 Å². The molecule has 0 saturated heterocycles. The first-order chi connectivity index (χ1) is 7.86. The van der Waals surface area contributed by atoms with Gasteiger partial charge in [0.25, 0.3) is 0 Å². The highest BCUT2D eigenvalue weighted by molar-refractivity contribution is 7.99. The molecule has 1 heterocycles. The molecule has 0 unspecified atom stereocenters. The van der Waals surface area contributed by atoms with Gasteiger partial charge in [-0.1, -0.05) is 6.08 Å². The molecule has 3 nitrogen and oxygen atoms in total. The van der Waals surface area contributed by atoms with Crippen LogP contribution in [0.5, 0.6) is 0 Å². The molecule has 4 heteroatoms. The van der Waals surface area contributed by atoms with Crippen LogP contribution >= 0.6 is 11.8 Å². The van der Waals surface area contributed by atoms with Gasteiger partial charge < -0.3 is 14.5 Å². The molecule has 0 bridgehead atoms. The van der Waals surface area contributed by atoms with Crippen molar-refractivity contribution in [3.63, 3.8) is 0 Å². The van der Waals surface area contributed by atoms with Gasteiger partial charge in [-0.05, 0) is 12.1 Å². The van der Waals surface area contributed by atoms with E-state index in [1.807, 2.05) is 30.0 Å². The number of ether oxygens (including phenoxy) is 1. The summed E-state index contributed by atoms with van der Waals surface area (Å²) in [6, 6.07) is 3.94. The summed E-state index contributed by atoms with van der Waals surface area (Å²) < 4.78 is 10.5. The summed E-state index contributed by atoms with van der Waals surface area (Å²) in [5, 5.41) is 3.33. The molecule has 0 aromatic carbocycles. The van der Waals surface area contributed by atoms with Crippen LogP contribution in [0.4, 0.5) is 0 Å². The van der Waals surface area contributed by atoms with Crippen molar-refractivity contribution in [2.75, 3.05) is 25.2 Å². The smallest absolute Gasteiger partial charge is 0.129 e. The molecule has 1 rings (SSSR count).